The largest absolute Gasteiger partial charge is 0.341 e. The third-order valence-electron chi connectivity index (χ3n) is 1.87. The predicted octanol–water partition coefficient (Wildman–Crippen LogP) is 0.740. The zero-order valence-electron chi connectivity index (χ0n) is 6.97. The molecule has 66 valence electrons. The number of benzene rings is 1. The molecule has 0 aliphatic carbocycles. The number of nitrogens with one attached hydrogen (secondary N) is 1. The molecule has 1 amide bonds. The van der Waals surface area contributed by atoms with Crippen LogP contribution in [0.1, 0.15) is 0 Å². The fourth-order valence-corrected chi connectivity index (χ4v) is 1.27. The Balaban J connectivity index is 2.40. The van der Waals surface area contributed by atoms with Crippen LogP contribution >= 0.6 is 0 Å². The molecule has 4 heteroatoms. The monoisotopic (exact) mass is 175 g/mol. The summed E-state index contributed by atoms with van der Waals surface area (Å²) < 4.78 is 1.88. The molecule has 1 heterocycles. The summed E-state index contributed by atoms with van der Waals surface area (Å²) in [6.45, 7) is 0.462. The number of carbonyl (C=O) groups is 1. The van der Waals surface area contributed by atoms with Crippen LogP contribution in [-0.2, 0) is 11.5 Å². The highest BCUT2D eigenvalue weighted by atomic mass is 16.1. The van der Waals surface area contributed by atoms with Crippen molar-refractivity contribution in [1.82, 2.24) is 14.9 Å². The van der Waals surface area contributed by atoms with Gasteiger partial charge in [-0.15, -0.1) is 0 Å². The normalized spacial score (nSPS) is 10.2. The number of amides is 1. The Morgan fingerprint density at radius 3 is 3.15 bits per heavy atom. The second-order valence-electron chi connectivity index (χ2n) is 2.68. The van der Waals surface area contributed by atoms with Crippen LogP contribution in [0.5, 0.6) is 0 Å². The molecule has 0 spiro atoms. The van der Waals surface area contributed by atoms with Gasteiger partial charge >= 0.3 is 0 Å². The van der Waals surface area contributed by atoms with E-state index in [9.17, 15) is 4.79 Å². The van der Waals surface area contributed by atoms with Crippen LogP contribution < -0.4 is 5.32 Å². The average molecular weight is 175 g/mol. The van der Waals surface area contributed by atoms with Gasteiger partial charge in [-0.05, 0) is 12.1 Å². The van der Waals surface area contributed by atoms with Gasteiger partial charge in [0.25, 0.3) is 0 Å². The summed E-state index contributed by atoms with van der Waals surface area (Å²) in [5.74, 6) is 0. The summed E-state index contributed by atoms with van der Waals surface area (Å²) in [5, 5.41) is 2.59. The van der Waals surface area contributed by atoms with E-state index < -0.39 is 0 Å². The van der Waals surface area contributed by atoms with Gasteiger partial charge in [-0.1, -0.05) is 12.1 Å². The van der Waals surface area contributed by atoms with Gasteiger partial charge in [-0.2, -0.15) is 0 Å². The lowest BCUT2D eigenvalue weighted by Crippen LogP contribution is -2.15. The summed E-state index contributed by atoms with van der Waals surface area (Å²) in [7, 11) is 0. The number of hydrogen-bond donors (Lipinski definition) is 1. The molecule has 0 aliphatic rings. The highest BCUT2D eigenvalue weighted by molar-refractivity contribution is 5.74. The maximum Gasteiger partial charge on any atom is 0.208 e. The van der Waals surface area contributed by atoms with Gasteiger partial charge < -0.3 is 9.88 Å². The molecule has 0 atom stereocenters. The summed E-state index contributed by atoms with van der Waals surface area (Å²) in [6.07, 6.45) is 2.38. The molecule has 0 aliphatic heterocycles. The fraction of sp³-hybridized carbons (Fsp3) is 0.111. The van der Waals surface area contributed by atoms with Gasteiger partial charge in [0, 0.05) is 0 Å². The van der Waals surface area contributed by atoms with Crippen molar-refractivity contribution in [3.63, 3.8) is 0 Å². The van der Waals surface area contributed by atoms with E-state index in [1.54, 1.807) is 6.33 Å². The van der Waals surface area contributed by atoms with Crippen molar-refractivity contribution in [1.29, 1.82) is 0 Å². The van der Waals surface area contributed by atoms with Gasteiger partial charge in [0.15, 0.2) is 0 Å². The highest BCUT2D eigenvalue weighted by Crippen LogP contribution is 2.10. The topological polar surface area (TPSA) is 46.9 Å². The average Bonchev–Trinajstić information content (AvgIpc) is 2.58. The molecule has 1 aromatic carbocycles. The zero-order valence-corrected chi connectivity index (χ0v) is 6.97. The highest BCUT2D eigenvalue weighted by Gasteiger charge is 1.98. The molecule has 0 saturated carbocycles. The molecule has 0 radical (unpaired) electrons. The van der Waals surface area contributed by atoms with E-state index >= 15 is 0 Å². The van der Waals surface area contributed by atoms with Gasteiger partial charge in [0.05, 0.1) is 24.0 Å². The smallest absolute Gasteiger partial charge is 0.208 e. The number of carbonyl (C=O) groups excluding carboxylic acids is 1. The maximum atomic E-state index is 10.1. The standard InChI is InChI=1S/C9H9N3O/c13-7-10-5-12-6-11-8-3-1-2-4-9(8)12/h1-4,6-7H,5H2,(H,10,13). The van der Waals surface area contributed by atoms with E-state index in [-0.39, 0.29) is 0 Å². The van der Waals surface area contributed by atoms with Crippen LogP contribution in [-0.4, -0.2) is 16.0 Å². The minimum absolute atomic E-state index is 0.462. The predicted molar refractivity (Wildman–Crippen MR) is 48.9 cm³/mol. The Bertz CT molecular complexity index is 421. The molecule has 1 N–H and O–H groups in total. The van der Waals surface area contributed by atoms with Crippen LogP contribution in [0.15, 0.2) is 30.6 Å². The fourth-order valence-electron chi connectivity index (χ4n) is 1.27. The van der Waals surface area contributed by atoms with Crippen LogP contribution in [0, 0.1) is 0 Å². The van der Waals surface area contributed by atoms with Crippen LogP contribution in [0.4, 0.5) is 0 Å². The molecular formula is C9H9N3O. The van der Waals surface area contributed by atoms with Gasteiger partial charge in [-0.3, -0.25) is 4.79 Å². The number of hydrogen-bond acceptors (Lipinski definition) is 2. The van der Waals surface area contributed by atoms with Crippen molar-refractivity contribution in [2.45, 2.75) is 6.67 Å². The van der Waals surface area contributed by atoms with Gasteiger partial charge in [0.2, 0.25) is 6.41 Å². The zero-order chi connectivity index (χ0) is 9.10. The van der Waals surface area contributed by atoms with Crippen molar-refractivity contribution >= 4 is 17.4 Å². The molecule has 0 saturated heterocycles. The summed E-state index contributed by atoms with van der Waals surface area (Å²) in [5.41, 5.74) is 1.96. The first kappa shape index (κ1) is 7.79. The first-order valence-corrected chi connectivity index (χ1v) is 3.99. The van der Waals surface area contributed by atoms with Crippen LogP contribution in [0.25, 0.3) is 11.0 Å². The van der Waals surface area contributed by atoms with E-state index in [2.05, 4.69) is 10.3 Å². The Morgan fingerprint density at radius 1 is 1.46 bits per heavy atom. The third kappa shape index (κ3) is 1.38. The molecule has 2 rings (SSSR count). The lowest BCUT2D eigenvalue weighted by Gasteiger charge is -2.00. The summed E-state index contributed by atoms with van der Waals surface area (Å²) in [6, 6.07) is 7.79. The van der Waals surface area contributed by atoms with Crippen molar-refractivity contribution in [2.75, 3.05) is 0 Å². The van der Waals surface area contributed by atoms with Crippen molar-refractivity contribution in [3.05, 3.63) is 30.6 Å². The Hall–Kier alpha value is -1.84. The number of para-hydroxylation sites is 2. The minimum Gasteiger partial charge on any atom is -0.341 e. The van der Waals surface area contributed by atoms with E-state index in [4.69, 9.17) is 0 Å². The molecule has 0 unspecified atom stereocenters. The minimum atomic E-state index is 0.462. The number of nitrogens with zero attached hydrogens (tertiary/aromatic N) is 2. The number of aromatic nitrogens is 2. The van der Waals surface area contributed by atoms with Gasteiger partial charge in [-0.25, -0.2) is 4.98 Å². The molecule has 1 aromatic heterocycles. The maximum absolute atomic E-state index is 10.1. The molecule has 4 nitrogen and oxygen atoms in total. The Kier molecular flexibility index (Phi) is 1.96. The SMILES string of the molecule is O=CNCn1cnc2ccccc21. The van der Waals surface area contributed by atoms with Crippen molar-refractivity contribution < 1.29 is 4.79 Å². The third-order valence-corrected chi connectivity index (χ3v) is 1.87. The number of rotatable bonds is 3. The Morgan fingerprint density at radius 2 is 2.31 bits per heavy atom. The van der Waals surface area contributed by atoms with E-state index in [0.29, 0.717) is 13.1 Å². The first-order chi connectivity index (χ1) is 6.42. The van der Waals surface area contributed by atoms with Crippen LogP contribution in [0.2, 0.25) is 0 Å². The molecule has 2 aromatic rings. The lowest BCUT2D eigenvalue weighted by molar-refractivity contribution is -0.109. The molecule has 0 fully saturated rings. The second kappa shape index (κ2) is 3.26. The number of fused-ring (bicyclic) bond motifs is 1. The first-order valence-electron chi connectivity index (χ1n) is 3.99. The summed E-state index contributed by atoms with van der Waals surface area (Å²) >= 11 is 0. The van der Waals surface area contributed by atoms with E-state index in [1.807, 2.05) is 28.8 Å². The molecule has 0 bridgehead atoms. The van der Waals surface area contributed by atoms with E-state index in [1.165, 1.54) is 0 Å². The Labute approximate surface area is 75.2 Å². The number of imidazole rings is 1. The molecule has 13 heavy (non-hydrogen) atoms. The van der Waals surface area contributed by atoms with Crippen molar-refractivity contribution in [3.8, 4) is 0 Å². The quantitative estimate of drug-likeness (QED) is 0.699. The molecular weight excluding hydrogens is 166 g/mol. The van der Waals surface area contributed by atoms with Crippen LogP contribution in [0.3, 0.4) is 0 Å². The second-order valence-corrected chi connectivity index (χ2v) is 2.68. The summed E-state index contributed by atoms with van der Waals surface area (Å²) in [4.78, 5) is 14.3. The van der Waals surface area contributed by atoms with Gasteiger partial charge in [0.1, 0.15) is 0 Å². The van der Waals surface area contributed by atoms with E-state index in [0.717, 1.165) is 11.0 Å². The van der Waals surface area contributed by atoms with Crippen molar-refractivity contribution in [2.24, 2.45) is 0 Å². The lowest BCUT2D eigenvalue weighted by atomic mass is 10.3.